The lowest BCUT2D eigenvalue weighted by molar-refractivity contribution is 0.0917. The third kappa shape index (κ3) is 2.96. The average molecular weight is 297 g/mol. The van der Waals surface area contributed by atoms with Gasteiger partial charge in [0.1, 0.15) is 0 Å². The number of hydrogen-bond donors (Lipinski definition) is 2. The van der Waals surface area contributed by atoms with E-state index < -0.39 is 6.10 Å². The molecular formula is C17H15NO2S. The van der Waals surface area contributed by atoms with Gasteiger partial charge < -0.3 is 10.4 Å². The zero-order chi connectivity index (χ0) is 14.7. The molecule has 2 N–H and O–H groups in total. The number of nitrogens with one attached hydrogen (secondary N) is 1. The van der Waals surface area contributed by atoms with Gasteiger partial charge >= 0.3 is 0 Å². The van der Waals surface area contributed by atoms with E-state index in [9.17, 15) is 9.90 Å². The van der Waals surface area contributed by atoms with E-state index in [1.807, 2.05) is 47.8 Å². The minimum atomic E-state index is -0.723. The van der Waals surface area contributed by atoms with Crippen LogP contribution in [0.5, 0.6) is 0 Å². The second-order valence-electron chi connectivity index (χ2n) is 4.81. The molecule has 2 aromatic carbocycles. The molecule has 0 spiro atoms. The van der Waals surface area contributed by atoms with Crippen molar-refractivity contribution in [1.29, 1.82) is 0 Å². The Hall–Kier alpha value is -2.17. The summed E-state index contributed by atoms with van der Waals surface area (Å²) in [5, 5.41) is 18.9. The van der Waals surface area contributed by atoms with Crippen molar-refractivity contribution in [2.75, 3.05) is 6.54 Å². The molecule has 0 bridgehead atoms. The summed E-state index contributed by atoms with van der Waals surface area (Å²) < 4.78 is 0. The fourth-order valence-electron chi connectivity index (χ4n) is 2.34. The van der Waals surface area contributed by atoms with E-state index in [1.54, 1.807) is 11.4 Å². The minimum Gasteiger partial charge on any atom is -0.387 e. The van der Waals surface area contributed by atoms with Crippen molar-refractivity contribution in [3.63, 3.8) is 0 Å². The number of thiophene rings is 1. The Bertz CT molecular complexity index is 747. The molecule has 0 saturated heterocycles. The summed E-state index contributed by atoms with van der Waals surface area (Å²) in [5.74, 6) is -0.157. The van der Waals surface area contributed by atoms with Crippen LogP contribution in [-0.4, -0.2) is 17.6 Å². The third-order valence-corrected chi connectivity index (χ3v) is 4.10. The van der Waals surface area contributed by atoms with Crippen LogP contribution in [0.25, 0.3) is 10.8 Å². The molecule has 1 aromatic heterocycles. The fraction of sp³-hybridized carbons (Fsp3) is 0.118. The molecule has 0 fully saturated rings. The standard InChI is InChI=1S/C17H15NO2S/c19-16(10-18-17(20)13-8-9-21-11-13)15-7-3-5-12-4-1-2-6-14(12)15/h1-9,11,16,19H,10H2,(H,18,20). The Morgan fingerprint density at radius 2 is 1.95 bits per heavy atom. The number of aliphatic hydroxyl groups excluding tert-OH is 1. The number of fused-ring (bicyclic) bond motifs is 1. The predicted molar refractivity (Wildman–Crippen MR) is 85.6 cm³/mol. The maximum atomic E-state index is 11.9. The van der Waals surface area contributed by atoms with E-state index in [4.69, 9.17) is 0 Å². The number of carbonyl (C=O) groups is 1. The Kier molecular flexibility index (Phi) is 3.99. The largest absolute Gasteiger partial charge is 0.387 e. The molecule has 21 heavy (non-hydrogen) atoms. The summed E-state index contributed by atoms with van der Waals surface area (Å²) in [6, 6.07) is 15.5. The van der Waals surface area contributed by atoms with Crippen LogP contribution in [0, 0.1) is 0 Å². The normalized spacial score (nSPS) is 12.2. The lowest BCUT2D eigenvalue weighted by atomic mass is 10.0. The van der Waals surface area contributed by atoms with Crippen LogP contribution in [0.1, 0.15) is 22.0 Å². The number of benzene rings is 2. The van der Waals surface area contributed by atoms with Gasteiger partial charge in [0.2, 0.25) is 0 Å². The van der Waals surface area contributed by atoms with E-state index in [-0.39, 0.29) is 12.5 Å². The van der Waals surface area contributed by atoms with Crippen LogP contribution in [0.15, 0.2) is 59.3 Å². The number of hydrogen-bond acceptors (Lipinski definition) is 3. The molecule has 3 rings (SSSR count). The molecule has 106 valence electrons. The maximum absolute atomic E-state index is 11.9. The molecule has 1 heterocycles. The van der Waals surface area contributed by atoms with Gasteiger partial charge in [-0.3, -0.25) is 4.79 Å². The summed E-state index contributed by atoms with van der Waals surface area (Å²) in [5.41, 5.74) is 1.46. The SMILES string of the molecule is O=C(NCC(O)c1cccc2ccccc12)c1ccsc1. The summed E-state index contributed by atoms with van der Waals surface area (Å²) in [6.45, 7) is 0.197. The highest BCUT2D eigenvalue weighted by molar-refractivity contribution is 7.08. The first kappa shape index (κ1) is 13.8. The Labute approximate surface area is 126 Å². The van der Waals surface area contributed by atoms with Crippen molar-refractivity contribution in [3.05, 3.63) is 70.4 Å². The first-order valence-corrected chi connectivity index (χ1v) is 7.66. The van der Waals surface area contributed by atoms with Crippen molar-refractivity contribution in [3.8, 4) is 0 Å². The Morgan fingerprint density at radius 1 is 1.14 bits per heavy atom. The summed E-state index contributed by atoms with van der Waals surface area (Å²) in [7, 11) is 0. The maximum Gasteiger partial charge on any atom is 0.252 e. The van der Waals surface area contributed by atoms with E-state index in [0.717, 1.165) is 16.3 Å². The summed E-state index contributed by atoms with van der Waals surface area (Å²) in [6.07, 6.45) is -0.723. The fourth-order valence-corrected chi connectivity index (χ4v) is 2.97. The molecule has 0 aliphatic carbocycles. The predicted octanol–water partition coefficient (Wildman–Crippen LogP) is 3.36. The van der Waals surface area contributed by atoms with E-state index in [0.29, 0.717) is 5.56 Å². The lowest BCUT2D eigenvalue weighted by Gasteiger charge is -2.14. The molecule has 0 radical (unpaired) electrons. The quantitative estimate of drug-likeness (QED) is 0.775. The smallest absolute Gasteiger partial charge is 0.252 e. The van der Waals surface area contributed by atoms with Crippen molar-refractivity contribution in [1.82, 2.24) is 5.32 Å². The Balaban J connectivity index is 1.75. The molecule has 0 aliphatic rings. The van der Waals surface area contributed by atoms with Gasteiger partial charge in [0, 0.05) is 17.5 Å². The summed E-state index contributed by atoms with van der Waals surface area (Å²) in [4.78, 5) is 11.9. The van der Waals surface area contributed by atoms with Gasteiger partial charge in [-0.25, -0.2) is 0 Å². The molecule has 1 amide bonds. The highest BCUT2D eigenvalue weighted by Gasteiger charge is 2.13. The van der Waals surface area contributed by atoms with Crippen molar-refractivity contribution < 1.29 is 9.90 Å². The minimum absolute atomic E-state index is 0.157. The van der Waals surface area contributed by atoms with Crippen molar-refractivity contribution in [2.24, 2.45) is 0 Å². The number of aliphatic hydroxyl groups is 1. The summed E-state index contributed by atoms with van der Waals surface area (Å²) >= 11 is 1.48. The molecule has 3 nitrogen and oxygen atoms in total. The first-order chi connectivity index (χ1) is 10.3. The highest BCUT2D eigenvalue weighted by atomic mass is 32.1. The van der Waals surface area contributed by atoms with Gasteiger partial charge in [-0.2, -0.15) is 11.3 Å². The van der Waals surface area contributed by atoms with Gasteiger partial charge in [0.05, 0.1) is 6.10 Å². The first-order valence-electron chi connectivity index (χ1n) is 6.72. The van der Waals surface area contributed by atoms with E-state index >= 15 is 0 Å². The lowest BCUT2D eigenvalue weighted by Crippen LogP contribution is -2.28. The van der Waals surface area contributed by atoms with Gasteiger partial charge in [-0.1, -0.05) is 42.5 Å². The molecule has 0 aliphatic heterocycles. The highest BCUT2D eigenvalue weighted by Crippen LogP contribution is 2.23. The number of rotatable bonds is 4. The van der Waals surface area contributed by atoms with Gasteiger partial charge in [0.15, 0.2) is 0 Å². The average Bonchev–Trinajstić information content (AvgIpc) is 3.06. The van der Waals surface area contributed by atoms with E-state index in [1.165, 1.54) is 11.3 Å². The van der Waals surface area contributed by atoms with Crippen molar-refractivity contribution in [2.45, 2.75) is 6.10 Å². The number of carbonyl (C=O) groups excluding carboxylic acids is 1. The number of amides is 1. The van der Waals surface area contributed by atoms with E-state index in [2.05, 4.69) is 5.32 Å². The second-order valence-corrected chi connectivity index (χ2v) is 5.59. The topological polar surface area (TPSA) is 49.3 Å². The zero-order valence-electron chi connectivity index (χ0n) is 11.3. The molecule has 1 atom stereocenters. The molecule has 1 unspecified atom stereocenters. The van der Waals surface area contributed by atoms with Gasteiger partial charge in [-0.15, -0.1) is 0 Å². The van der Waals surface area contributed by atoms with Crippen LogP contribution in [-0.2, 0) is 0 Å². The van der Waals surface area contributed by atoms with Crippen LogP contribution in [0.3, 0.4) is 0 Å². The van der Waals surface area contributed by atoms with Crippen LogP contribution >= 0.6 is 11.3 Å². The monoisotopic (exact) mass is 297 g/mol. The third-order valence-electron chi connectivity index (χ3n) is 3.42. The van der Waals surface area contributed by atoms with Gasteiger partial charge in [-0.05, 0) is 27.8 Å². The van der Waals surface area contributed by atoms with Crippen LogP contribution < -0.4 is 5.32 Å². The van der Waals surface area contributed by atoms with Crippen LogP contribution in [0.2, 0.25) is 0 Å². The Morgan fingerprint density at radius 3 is 2.76 bits per heavy atom. The van der Waals surface area contributed by atoms with Gasteiger partial charge in [0.25, 0.3) is 5.91 Å². The molecule has 3 aromatic rings. The molecule has 0 saturated carbocycles. The second kappa shape index (κ2) is 6.08. The molecular weight excluding hydrogens is 282 g/mol. The molecule has 4 heteroatoms. The van der Waals surface area contributed by atoms with Crippen LogP contribution in [0.4, 0.5) is 0 Å². The zero-order valence-corrected chi connectivity index (χ0v) is 12.1. The van der Waals surface area contributed by atoms with Crippen molar-refractivity contribution >= 4 is 28.0 Å².